The number of aromatic nitrogens is 4. The van der Waals surface area contributed by atoms with Crippen LogP contribution in [0.3, 0.4) is 0 Å². The standard InChI is InChI=1S/C16H11FN4O/c1-22-15-6-13-11(8-19-15)10-3-4-12(20-16(10)21-13)9-2-5-14(17)18-7-9/h2-8H,1H3,(H,20,21). The van der Waals surface area contributed by atoms with Gasteiger partial charge in [0.1, 0.15) is 5.65 Å². The van der Waals surface area contributed by atoms with Gasteiger partial charge in [0.2, 0.25) is 11.8 Å². The second-order valence-corrected chi connectivity index (χ2v) is 4.86. The molecule has 0 fully saturated rings. The molecular formula is C16H11FN4O. The fourth-order valence-electron chi connectivity index (χ4n) is 2.45. The van der Waals surface area contributed by atoms with Crippen LogP contribution in [0.5, 0.6) is 5.88 Å². The molecule has 0 saturated heterocycles. The average molecular weight is 294 g/mol. The highest BCUT2D eigenvalue weighted by molar-refractivity contribution is 6.06. The molecule has 1 N–H and O–H groups in total. The van der Waals surface area contributed by atoms with Gasteiger partial charge in [-0.25, -0.2) is 15.0 Å². The van der Waals surface area contributed by atoms with Gasteiger partial charge in [-0.15, -0.1) is 0 Å². The van der Waals surface area contributed by atoms with Crippen molar-refractivity contribution >= 4 is 21.9 Å². The van der Waals surface area contributed by atoms with Crippen molar-refractivity contribution in [2.75, 3.05) is 7.11 Å². The monoisotopic (exact) mass is 294 g/mol. The van der Waals surface area contributed by atoms with Gasteiger partial charge in [-0.2, -0.15) is 4.39 Å². The zero-order valence-corrected chi connectivity index (χ0v) is 11.7. The number of pyridine rings is 3. The third-order valence-corrected chi connectivity index (χ3v) is 3.55. The predicted molar refractivity (Wildman–Crippen MR) is 81.1 cm³/mol. The van der Waals surface area contributed by atoms with Gasteiger partial charge in [0.25, 0.3) is 0 Å². The van der Waals surface area contributed by atoms with Crippen LogP contribution >= 0.6 is 0 Å². The summed E-state index contributed by atoms with van der Waals surface area (Å²) < 4.78 is 18.0. The third kappa shape index (κ3) is 1.96. The molecule has 0 atom stereocenters. The molecule has 0 aliphatic rings. The molecule has 4 aromatic heterocycles. The number of rotatable bonds is 2. The molecule has 0 aliphatic heterocycles. The fraction of sp³-hybridized carbons (Fsp3) is 0.0625. The second kappa shape index (κ2) is 4.77. The van der Waals surface area contributed by atoms with Crippen LogP contribution in [0.1, 0.15) is 0 Å². The van der Waals surface area contributed by atoms with Gasteiger partial charge in [0.05, 0.1) is 18.3 Å². The first kappa shape index (κ1) is 12.7. The molecule has 6 heteroatoms. The molecule has 0 spiro atoms. The van der Waals surface area contributed by atoms with Crippen molar-refractivity contribution < 1.29 is 9.13 Å². The van der Waals surface area contributed by atoms with Crippen LogP contribution in [-0.2, 0) is 0 Å². The Morgan fingerprint density at radius 2 is 1.95 bits per heavy atom. The number of nitrogens with zero attached hydrogens (tertiary/aromatic N) is 3. The van der Waals surface area contributed by atoms with E-state index in [1.807, 2.05) is 18.2 Å². The van der Waals surface area contributed by atoms with Crippen molar-refractivity contribution in [1.29, 1.82) is 0 Å². The summed E-state index contributed by atoms with van der Waals surface area (Å²) >= 11 is 0. The van der Waals surface area contributed by atoms with E-state index in [9.17, 15) is 4.39 Å². The quantitative estimate of drug-likeness (QED) is 0.576. The predicted octanol–water partition coefficient (Wildman–Crippen LogP) is 3.32. The average Bonchev–Trinajstić information content (AvgIpc) is 2.92. The van der Waals surface area contributed by atoms with Crippen LogP contribution < -0.4 is 4.74 Å². The summed E-state index contributed by atoms with van der Waals surface area (Å²) in [4.78, 5) is 15.7. The first-order chi connectivity index (χ1) is 10.7. The highest BCUT2D eigenvalue weighted by Gasteiger charge is 2.09. The topological polar surface area (TPSA) is 63.7 Å². The summed E-state index contributed by atoms with van der Waals surface area (Å²) in [5.74, 6) is 0.0376. The molecule has 0 unspecified atom stereocenters. The van der Waals surface area contributed by atoms with Gasteiger partial charge in [-0.3, -0.25) is 0 Å². The van der Waals surface area contributed by atoms with Gasteiger partial charge < -0.3 is 9.72 Å². The summed E-state index contributed by atoms with van der Waals surface area (Å²) in [7, 11) is 1.58. The molecule has 0 bridgehead atoms. The minimum Gasteiger partial charge on any atom is -0.481 e. The zero-order valence-electron chi connectivity index (χ0n) is 11.7. The first-order valence-electron chi connectivity index (χ1n) is 6.69. The van der Waals surface area contributed by atoms with Crippen molar-refractivity contribution in [2.45, 2.75) is 0 Å². The maximum atomic E-state index is 12.9. The van der Waals surface area contributed by atoms with E-state index in [-0.39, 0.29) is 0 Å². The Balaban J connectivity index is 1.90. The molecule has 0 amide bonds. The number of methoxy groups -OCH3 is 1. The van der Waals surface area contributed by atoms with Crippen LogP contribution in [0.15, 0.2) is 42.7 Å². The Kier molecular flexibility index (Phi) is 2.75. The SMILES string of the molecule is COc1cc2[nH]c3nc(-c4ccc(F)nc4)ccc3c2cn1. The summed E-state index contributed by atoms with van der Waals surface area (Å²) in [6.45, 7) is 0. The Bertz CT molecular complexity index is 979. The van der Waals surface area contributed by atoms with E-state index in [1.165, 1.54) is 12.3 Å². The van der Waals surface area contributed by atoms with E-state index in [1.54, 1.807) is 19.4 Å². The van der Waals surface area contributed by atoms with Crippen molar-refractivity contribution in [1.82, 2.24) is 19.9 Å². The van der Waals surface area contributed by atoms with Crippen LogP contribution in [0.4, 0.5) is 4.39 Å². The van der Waals surface area contributed by atoms with Gasteiger partial charge in [-0.05, 0) is 24.3 Å². The van der Waals surface area contributed by atoms with E-state index in [0.717, 1.165) is 33.2 Å². The fourth-order valence-corrected chi connectivity index (χ4v) is 2.45. The number of nitrogens with one attached hydrogen (secondary N) is 1. The number of hydrogen-bond donors (Lipinski definition) is 1. The molecule has 0 aromatic carbocycles. The lowest BCUT2D eigenvalue weighted by atomic mass is 10.1. The number of hydrogen-bond acceptors (Lipinski definition) is 4. The first-order valence-corrected chi connectivity index (χ1v) is 6.69. The van der Waals surface area contributed by atoms with Crippen molar-refractivity contribution in [3.05, 3.63) is 48.7 Å². The molecule has 22 heavy (non-hydrogen) atoms. The Hall–Kier alpha value is -3.02. The lowest BCUT2D eigenvalue weighted by molar-refractivity contribution is 0.398. The van der Waals surface area contributed by atoms with E-state index in [4.69, 9.17) is 4.74 Å². The second-order valence-electron chi connectivity index (χ2n) is 4.86. The highest BCUT2D eigenvalue weighted by atomic mass is 19.1. The van der Waals surface area contributed by atoms with Gasteiger partial charge in [0.15, 0.2) is 0 Å². The summed E-state index contributed by atoms with van der Waals surface area (Å²) in [5.41, 5.74) is 3.14. The number of ether oxygens (including phenoxy) is 1. The summed E-state index contributed by atoms with van der Waals surface area (Å²) in [5, 5.41) is 1.95. The Labute approximate surface area is 124 Å². The Morgan fingerprint density at radius 3 is 2.73 bits per heavy atom. The van der Waals surface area contributed by atoms with E-state index in [2.05, 4.69) is 19.9 Å². The molecule has 0 radical (unpaired) electrons. The van der Waals surface area contributed by atoms with E-state index < -0.39 is 5.95 Å². The molecule has 0 saturated carbocycles. The number of fused-ring (bicyclic) bond motifs is 3. The molecule has 108 valence electrons. The maximum Gasteiger partial charge on any atom is 0.215 e. The lowest BCUT2D eigenvalue weighted by Gasteiger charge is -2.00. The lowest BCUT2D eigenvalue weighted by Crippen LogP contribution is -1.87. The van der Waals surface area contributed by atoms with Crippen molar-refractivity contribution in [2.24, 2.45) is 0 Å². The molecular weight excluding hydrogens is 283 g/mol. The van der Waals surface area contributed by atoms with Gasteiger partial charge >= 0.3 is 0 Å². The van der Waals surface area contributed by atoms with Crippen LogP contribution in [0.2, 0.25) is 0 Å². The molecule has 4 aromatic rings. The van der Waals surface area contributed by atoms with E-state index in [0.29, 0.717) is 5.88 Å². The third-order valence-electron chi connectivity index (χ3n) is 3.55. The highest BCUT2D eigenvalue weighted by Crippen LogP contribution is 2.28. The van der Waals surface area contributed by atoms with Gasteiger partial charge in [0, 0.05) is 34.8 Å². The minimum atomic E-state index is -0.506. The van der Waals surface area contributed by atoms with Gasteiger partial charge in [-0.1, -0.05) is 0 Å². The molecule has 5 nitrogen and oxygen atoms in total. The zero-order chi connectivity index (χ0) is 15.1. The van der Waals surface area contributed by atoms with Crippen LogP contribution in [0, 0.1) is 5.95 Å². The summed E-state index contributed by atoms with van der Waals surface area (Å²) in [6.07, 6.45) is 3.23. The Morgan fingerprint density at radius 1 is 1.05 bits per heavy atom. The van der Waals surface area contributed by atoms with Crippen LogP contribution in [0.25, 0.3) is 33.2 Å². The molecule has 0 aliphatic carbocycles. The number of aromatic amines is 1. The molecule has 4 heterocycles. The smallest absolute Gasteiger partial charge is 0.215 e. The normalized spacial score (nSPS) is 11.2. The van der Waals surface area contributed by atoms with Crippen LogP contribution in [-0.4, -0.2) is 27.0 Å². The number of halogens is 1. The van der Waals surface area contributed by atoms with Crippen molar-refractivity contribution in [3.8, 4) is 17.1 Å². The summed E-state index contributed by atoms with van der Waals surface area (Å²) in [6, 6.07) is 8.66. The molecule has 4 rings (SSSR count). The maximum absolute atomic E-state index is 12.9. The van der Waals surface area contributed by atoms with Crippen molar-refractivity contribution in [3.63, 3.8) is 0 Å². The minimum absolute atomic E-state index is 0.506. The largest absolute Gasteiger partial charge is 0.481 e. The number of H-pyrrole nitrogens is 1. The van der Waals surface area contributed by atoms with E-state index >= 15 is 0 Å².